The minimum Gasteiger partial charge on any atom is -0.386 e. The van der Waals surface area contributed by atoms with Crippen molar-refractivity contribution in [1.82, 2.24) is 0 Å². The molecule has 1 aliphatic heterocycles. The SMILES string of the molecule is O=C1OC(=O)c2cc1cc1c3ccc(c(=O)oc3=O)c21. The number of benzene rings is 2. The lowest BCUT2D eigenvalue weighted by molar-refractivity contribution is 0.0387. The first-order valence-electron chi connectivity index (χ1n) is 5.70. The van der Waals surface area contributed by atoms with Crippen molar-refractivity contribution in [2.24, 2.45) is 0 Å². The van der Waals surface area contributed by atoms with E-state index in [2.05, 4.69) is 9.15 Å². The topological polar surface area (TPSA) is 90.7 Å². The largest absolute Gasteiger partial charge is 0.386 e. The summed E-state index contributed by atoms with van der Waals surface area (Å²) in [5.41, 5.74) is -1.38. The highest BCUT2D eigenvalue weighted by molar-refractivity contribution is 6.22. The molecule has 96 valence electrons. The fourth-order valence-electron chi connectivity index (χ4n) is 2.50. The first-order chi connectivity index (χ1) is 9.56. The molecular formula is C14H4O6. The van der Waals surface area contributed by atoms with Gasteiger partial charge in [0.25, 0.3) is 0 Å². The van der Waals surface area contributed by atoms with E-state index in [1.807, 2.05) is 0 Å². The van der Waals surface area contributed by atoms with Crippen LogP contribution in [-0.4, -0.2) is 11.9 Å². The van der Waals surface area contributed by atoms with Crippen LogP contribution in [0, 0.1) is 0 Å². The number of carbonyl (C=O) groups excluding carboxylic acids is 2. The van der Waals surface area contributed by atoms with E-state index in [1.165, 1.54) is 24.3 Å². The summed E-state index contributed by atoms with van der Waals surface area (Å²) in [4.78, 5) is 46.9. The summed E-state index contributed by atoms with van der Waals surface area (Å²) < 4.78 is 9.23. The van der Waals surface area contributed by atoms with E-state index < -0.39 is 23.2 Å². The zero-order chi connectivity index (χ0) is 14.0. The average molecular weight is 268 g/mol. The van der Waals surface area contributed by atoms with Crippen molar-refractivity contribution in [3.63, 3.8) is 0 Å². The number of hydrogen-bond donors (Lipinski definition) is 0. The number of cyclic esters (lactones) is 2. The second kappa shape index (κ2) is 3.30. The number of rotatable bonds is 0. The highest BCUT2D eigenvalue weighted by Gasteiger charge is 2.27. The number of hydrogen-bond acceptors (Lipinski definition) is 6. The molecule has 0 amide bonds. The van der Waals surface area contributed by atoms with E-state index in [4.69, 9.17) is 0 Å². The Morgan fingerprint density at radius 1 is 0.750 bits per heavy atom. The summed E-state index contributed by atoms with van der Waals surface area (Å²) >= 11 is 0. The molecule has 0 aliphatic carbocycles. The van der Waals surface area contributed by atoms with Gasteiger partial charge in [0, 0.05) is 5.39 Å². The molecule has 0 saturated heterocycles. The zero-order valence-corrected chi connectivity index (χ0v) is 9.76. The first kappa shape index (κ1) is 10.9. The molecule has 0 saturated carbocycles. The quantitative estimate of drug-likeness (QED) is 0.447. The second-order valence-corrected chi connectivity index (χ2v) is 4.46. The van der Waals surface area contributed by atoms with Crippen LogP contribution in [0.5, 0.6) is 0 Å². The van der Waals surface area contributed by atoms with Gasteiger partial charge in [-0.25, -0.2) is 19.2 Å². The number of carbonyl (C=O) groups is 2. The Balaban J connectivity index is 2.44. The molecule has 0 fully saturated rings. The van der Waals surface area contributed by atoms with Gasteiger partial charge in [0.15, 0.2) is 0 Å². The van der Waals surface area contributed by atoms with Gasteiger partial charge in [-0.2, -0.15) is 0 Å². The van der Waals surface area contributed by atoms with E-state index in [-0.39, 0.29) is 27.3 Å². The van der Waals surface area contributed by atoms with Crippen LogP contribution < -0.4 is 11.3 Å². The van der Waals surface area contributed by atoms with Gasteiger partial charge in [0.05, 0.1) is 21.9 Å². The third-order valence-corrected chi connectivity index (χ3v) is 3.38. The van der Waals surface area contributed by atoms with Crippen LogP contribution in [0.15, 0.2) is 38.3 Å². The van der Waals surface area contributed by atoms with Gasteiger partial charge in [-0.3, -0.25) is 0 Å². The minimum atomic E-state index is -0.839. The smallest absolute Gasteiger partial charge is 0.346 e. The maximum absolute atomic E-state index is 11.8. The Kier molecular flexibility index (Phi) is 1.79. The van der Waals surface area contributed by atoms with Crippen LogP contribution in [-0.2, 0) is 4.74 Å². The summed E-state index contributed by atoms with van der Waals surface area (Å²) in [6.07, 6.45) is 0. The van der Waals surface area contributed by atoms with Gasteiger partial charge in [-0.05, 0) is 29.7 Å². The zero-order valence-electron chi connectivity index (χ0n) is 9.76. The van der Waals surface area contributed by atoms with Crippen LogP contribution in [0.1, 0.15) is 20.7 Å². The normalized spacial score (nSPS) is 14.0. The van der Waals surface area contributed by atoms with Crippen molar-refractivity contribution < 1.29 is 18.7 Å². The van der Waals surface area contributed by atoms with Crippen molar-refractivity contribution in [1.29, 1.82) is 0 Å². The predicted octanol–water partition coefficient (Wildman–Crippen LogP) is 1.05. The molecule has 3 heterocycles. The van der Waals surface area contributed by atoms with E-state index in [9.17, 15) is 19.2 Å². The molecule has 20 heavy (non-hydrogen) atoms. The van der Waals surface area contributed by atoms with Crippen LogP contribution in [0.4, 0.5) is 0 Å². The summed E-state index contributed by atoms with van der Waals surface area (Å²) in [6.45, 7) is 0. The Bertz CT molecular complexity index is 1040. The summed E-state index contributed by atoms with van der Waals surface area (Å²) in [5, 5.41) is 0.859. The standard InChI is InChI=1S/C14H4O6/c15-11-5-3-8-6-1-2-7(13(17)20-12(6)16)10(8)9(4-5)14(18)19-11/h1-4H. The monoisotopic (exact) mass is 268 g/mol. The molecule has 6 nitrogen and oxygen atoms in total. The maximum atomic E-state index is 11.8. The van der Waals surface area contributed by atoms with Gasteiger partial charge in [-0.15, -0.1) is 0 Å². The molecule has 5 rings (SSSR count). The molecule has 4 aromatic rings. The minimum absolute atomic E-state index is 0.0839. The number of ether oxygens (including phenoxy) is 1. The second-order valence-electron chi connectivity index (χ2n) is 4.46. The molecule has 0 spiro atoms. The van der Waals surface area contributed by atoms with Gasteiger partial charge in [-0.1, -0.05) is 0 Å². The molecule has 2 aromatic carbocycles. The number of fused-ring (bicyclic) bond motifs is 5. The predicted molar refractivity (Wildman–Crippen MR) is 67.2 cm³/mol. The highest BCUT2D eigenvalue weighted by atomic mass is 16.6. The molecule has 2 aromatic heterocycles. The van der Waals surface area contributed by atoms with Crippen LogP contribution >= 0.6 is 0 Å². The maximum Gasteiger partial charge on any atom is 0.346 e. The van der Waals surface area contributed by atoms with Crippen molar-refractivity contribution in [2.45, 2.75) is 0 Å². The molecule has 0 unspecified atom stereocenters. The Hall–Kier alpha value is -3.02. The Morgan fingerprint density at radius 3 is 2.25 bits per heavy atom. The van der Waals surface area contributed by atoms with Gasteiger partial charge in [0.2, 0.25) is 0 Å². The Morgan fingerprint density at radius 2 is 1.45 bits per heavy atom. The van der Waals surface area contributed by atoms with E-state index in [0.717, 1.165) is 0 Å². The molecule has 1 aliphatic rings. The summed E-state index contributed by atoms with van der Waals surface area (Å²) in [5.74, 6) is -1.62. The highest BCUT2D eigenvalue weighted by Crippen LogP contribution is 2.30. The lowest BCUT2D eigenvalue weighted by Crippen LogP contribution is -2.19. The lowest BCUT2D eigenvalue weighted by atomic mass is 9.95. The van der Waals surface area contributed by atoms with E-state index in [1.54, 1.807) is 0 Å². The third kappa shape index (κ3) is 1.17. The van der Waals surface area contributed by atoms with Crippen molar-refractivity contribution in [2.75, 3.05) is 0 Å². The van der Waals surface area contributed by atoms with Crippen molar-refractivity contribution >= 4 is 33.5 Å². The molecule has 0 radical (unpaired) electrons. The van der Waals surface area contributed by atoms with Gasteiger partial charge < -0.3 is 9.15 Å². The van der Waals surface area contributed by atoms with E-state index >= 15 is 0 Å². The van der Waals surface area contributed by atoms with Gasteiger partial charge in [0.1, 0.15) is 0 Å². The fourth-order valence-corrected chi connectivity index (χ4v) is 2.50. The third-order valence-electron chi connectivity index (χ3n) is 3.38. The van der Waals surface area contributed by atoms with Crippen molar-refractivity contribution in [3.8, 4) is 0 Å². The van der Waals surface area contributed by atoms with Crippen molar-refractivity contribution in [3.05, 3.63) is 56.2 Å². The fraction of sp³-hybridized carbons (Fsp3) is 0. The molecule has 4 bridgehead atoms. The summed E-state index contributed by atoms with van der Waals surface area (Å²) in [7, 11) is 0. The summed E-state index contributed by atoms with van der Waals surface area (Å²) in [6, 6.07) is 5.64. The molecule has 0 atom stereocenters. The molecule has 6 heteroatoms. The molecular weight excluding hydrogens is 264 g/mol. The average Bonchev–Trinajstić information content (AvgIpc) is 2.61. The van der Waals surface area contributed by atoms with Gasteiger partial charge >= 0.3 is 23.2 Å². The van der Waals surface area contributed by atoms with Crippen LogP contribution in [0.2, 0.25) is 0 Å². The molecule has 0 N–H and O–H groups in total. The lowest BCUT2D eigenvalue weighted by Gasteiger charge is -2.13. The first-order valence-corrected chi connectivity index (χ1v) is 5.70. The number of esters is 2. The van der Waals surface area contributed by atoms with Crippen LogP contribution in [0.3, 0.4) is 0 Å². The Labute approximate surface area is 109 Å². The van der Waals surface area contributed by atoms with E-state index in [0.29, 0.717) is 5.39 Å². The van der Waals surface area contributed by atoms with Crippen LogP contribution in [0.25, 0.3) is 21.5 Å².